The van der Waals surface area contributed by atoms with E-state index in [0.717, 1.165) is 22.0 Å². The average Bonchev–Trinajstić information content (AvgIpc) is 3.16. The van der Waals surface area contributed by atoms with Crippen molar-refractivity contribution in [1.29, 1.82) is 0 Å². The Balaban J connectivity index is 1.41. The smallest absolute Gasteiger partial charge is 0.274 e. The van der Waals surface area contributed by atoms with E-state index in [9.17, 15) is 4.79 Å². The van der Waals surface area contributed by atoms with Gasteiger partial charge in [-0.1, -0.05) is 64.5 Å². The molecule has 144 valence electrons. The highest BCUT2D eigenvalue weighted by Gasteiger charge is 2.27. The number of carbonyl (C=O) groups excluding carboxylic acids is 1. The molecule has 7 heteroatoms. The van der Waals surface area contributed by atoms with Gasteiger partial charge in [0.15, 0.2) is 5.69 Å². The summed E-state index contributed by atoms with van der Waals surface area (Å²) in [7, 11) is 0. The van der Waals surface area contributed by atoms with Gasteiger partial charge in [0.25, 0.3) is 5.91 Å². The number of nitrogens with one attached hydrogen (secondary N) is 1. The fraction of sp³-hybridized carbons (Fsp3) is 0.286. The van der Waals surface area contributed by atoms with E-state index in [2.05, 4.69) is 50.6 Å². The largest absolute Gasteiger partial charge is 0.365 e. The third-order valence-electron chi connectivity index (χ3n) is 4.94. The molecule has 28 heavy (non-hydrogen) atoms. The van der Waals surface area contributed by atoms with Gasteiger partial charge in [0.05, 0.1) is 18.8 Å². The number of ether oxygens (including phenoxy) is 1. The first-order valence-corrected chi connectivity index (χ1v) is 10.1. The van der Waals surface area contributed by atoms with Crippen molar-refractivity contribution < 1.29 is 9.53 Å². The fourth-order valence-corrected chi connectivity index (χ4v) is 3.49. The normalized spacial score (nSPS) is 15.9. The van der Waals surface area contributed by atoms with E-state index in [1.807, 2.05) is 36.4 Å². The number of nitrogens with zero attached hydrogens (tertiary/aromatic N) is 3. The van der Waals surface area contributed by atoms with Crippen LogP contribution in [-0.4, -0.2) is 20.9 Å². The molecule has 4 rings (SSSR count). The van der Waals surface area contributed by atoms with E-state index in [1.165, 1.54) is 5.56 Å². The highest BCUT2D eigenvalue weighted by Crippen LogP contribution is 2.27. The minimum absolute atomic E-state index is 0.102. The average molecular weight is 441 g/mol. The minimum Gasteiger partial charge on any atom is -0.365 e. The summed E-state index contributed by atoms with van der Waals surface area (Å²) in [6, 6.07) is 16.2. The van der Waals surface area contributed by atoms with Gasteiger partial charge in [-0.25, -0.2) is 4.68 Å². The first kappa shape index (κ1) is 18.8. The molecule has 0 spiro atoms. The molecule has 0 aliphatic carbocycles. The van der Waals surface area contributed by atoms with Crippen LogP contribution in [0.4, 0.5) is 0 Å². The summed E-state index contributed by atoms with van der Waals surface area (Å²) in [5.41, 5.74) is 4.45. The number of fused-ring (bicyclic) bond motifs is 1. The van der Waals surface area contributed by atoms with Crippen molar-refractivity contribution in [3.63, 3.8) is 0 Å². The number of hydrogen-bond donors (Lipinski definition) is 1. The Labute approximate surface area is 172 Å². The number of carbonyl (C=O) groups is 1. The summed E-state index contributed by atoms with van der Waals surface area (Å²) in [6.45, 7) is 3.42. The lowest BCUT2D eigenvalue weighted by Crippen LogP contribution is -2.27. The highest BCUT2D eigenvalue weighted by atomic mass is 79.9. The van der Waals surface area contributed by atoms with Gasteiger partial charge in [-0.05, 0) is 35.2 Å². The van der Waals surface area contributed by atoms with Crippen LogP contribution in [0.5, 0.6) is 0 Å². The summed E-state index contributed by atoms with van der Waals surface area (Å²) in [5, 5.41) is 11.2. The van der Waals surface area contributed by atoms with Crippen molar-refractivity contribution in [2.75, 3.05) is 0 Å². The van der Waals surface area contributed by atoms with Crippen LogP contribution in [0.15, 0.2) is 53.0 Å². The van der Waals surface area contributed by atoms with Crippen LogP contribution in [-0.2, 0) is 30.9 Å². The number of rotatable bonds is 5. The molecule has 1 amide bonds. The maximum atomic E-state index is 12.6. The Morgan fingerprint density at radius 1 is 1.18 bits per heavy atom. The van der Waals surface area contributed by atoms with Crippen molar-refractivity contribution in [2.24, 2.45) is 0 Å². The van der Waals surface area contributed by atoms with Gasteiger partial charge in [0, 0.05) is 11.0 Å². The maximum Gasteiger partial charge on any atom is 0.274 e. The van der Waals surface area contributed by atoms with E-state index < -0.39 is 0 Å². The Morgan fingerprint density at radius 2 is 1.89 bits per heavy atom. The van der Waals surface area contributed by atoms with Crippen molar-refractivity contribution in [2.45, 2.75) is 39.1 Å². The summed E-state index contributed by atoms with van der Waals surface area (Å²) in [5.74, 6) is -0.230. The van der Waals surface area contributed by atoms with Crippen LogP contribution in [0.3, 0.4) is 0 Å². The second-order valence-corrected chi connectivity index (χ2v) is 7.69. The van der Waals surface area contributed by atoms with Crippen LogP contribution in [0.1, 0.15) is 45.9 Å². The standard InChI is InChI=1S/C21H21BrN4O2/c1-2-14-3-5-15(6-4-14)11-23-21(27)20-18-13-28-19(12-26(18)25-24-20)16-7-9-17(22)10-8-16/h3-10,19H,2,11-13H2,1H3,(H,23,27)/t19-/m1/s1. The fourth-order valence-electron chi connectivity index (χ4n) is 3.23. The molecule has 1 aliphatic rings. The lowest BCUT2D eigenvalue weighted by atomic mass is 10.1. The molecule has 0 saturated carbocycles. The van der Waals surface area contributed by atoms with Crippen molar-refractivity contribution in [3.05, 3.63) is 81.1 Å². The van der Waals surface area contributed by atoms with Gasteiger partial charge in [0.2, 0.25) is 0 Å². The first-order valence-electron chi connectivity index (χ1n) is 9.29. The molecule has 0 radical (unpaired) electrons. The molecule has 1 aliphatic heterocycles. The molecule has 2 heterocycles. The predicted octanol–water partition coefficient (Wildman–Crippen LogP) is 3.80. The molecule has 1 aromatic heterocycles. The second kappa shape index (κ2) is 8.24. The predicted molar refractivity (Wildman–Crippen MR) is 109 cm³/mol. The molecule has 0 fully saturated rings. The van der Waals surface area contributed by atoms with Crippen LogP contribution in [0, 0.1) is 0 Å². The number of benzene rings is 2. The lowest BCUT2D eigenvalue weighted by molar-refractivity contribution is -0.00177. The summed E-state index contributed by atoms with van der Waals surface area (Å²) >= 11 is 3.44. The van der Waals surface area contributed by atoms with Crippen LogP contribution in [0.2, 0.25) is 0 Å². The molecular formula is C21H21BrN4O2. The maximum absolute atomic E-state index is 12.6. The van der Waals surface area contributed by atoms with Crippen molar-refractivity contribution in [1.82, 2.24) is 20.3 Å². The Bertz CT molecular complexity index is 967. The van der Waals surface area contributed by atoms with Gasteiger partial charge in [-0.15, -0.1) is 5.10 Å². The van der Waals surface area contributed by atoms with Gasteiger partial charge >= 0.3 is 0 Å². The molecule has 2 aromatic carbocycles. The number of halogens is 1. The van der Waals surface area contributed by atoms with E-state index >= 15 is 0 Å². The quantitative estimate of drug-likeness (QED) is 0.654. The lowest BCUT2D eigenvalue weighted by Gasteiger charge is -2.24. The summed E-state index contributed by atoms with van der Waals surface area (Å²) in [6.07, 6.45) is 0.899. The third-order valence-corrected chi connectivity index (χ3v) is 5.47. The number of hydrogen-bond acceptors (Lipinski definition) is 4. The van der Waals surface area contributed by atoms with Crippen LogP contribution < -0.4 is 5.32 Å². The Hall–Kier alpha value is -2.51. The second-order valence-electron chi connectivity index (χ2n) is 6.77. The molecular weight excluding hydrogens is 420 g/mol. The first-order chi connectivity index (χ1) is 13.6. The summed E-state index contributed by atoms with van der Waals surface area (Å²) in [4.78, 5) is 12.6. The van der Waals surface area contributed by atoms with E-state index in [-0.39, 0.29) is 12.0 Å². The van der Waals surface area contributed by atoms with Crippen LogP contribution >= 0.6 is 15.9 Å². The molecule has 0 saturated heterocycles. The number of amides is 1. The molecule has 6 nitrogen and oxygen atoms in total. The van der Waals surface area contributed by atoms with Crippen molar-refractivity contribution >= 4 is 21.8 Å². The van der Waals surface area contributed by atoms with Gasteiger partial charge < -0.3 is 10.1 Å². The third kappa shape index (κ3) is 4.00. The minimum atomic E-state index is -0.230. The highest BCUT2D eigenvalue weighted by molar-refractivity contribution is 9.10. The summed E-state index contributed by atoms with van der Waals surface area (Å²) < 4.78 is 8.76. The van der Waals surface area contributed by atoms with E-state index in [0.29, 0.717) is 31.1 Å². The molecule has 3 aromatic rings. The molecule has 1 atom stereocenters. The SMILES string of the molecule is CCc1ccc(CNC(=O)c2nnn3c2CO[C@@H](c2ccc(Br)cc2)C3)cc1. The zero-order chi connectivity index (χ0) is 19.5. The van der Waals surface area contributed by atoms with Crippen molar-refractivity contribution in [3.8, 4) is 0 Å². The molecule has 0 unspecified atom stereocenters. The monoisotopic (exact) mass is 440 g/mol. The molecule has 1 N–H and O–H groups in total. The van der Waals surface area contributed by atoms with Crippen LogP contribution in [0.25, 0.3) is 0 Å². The van der Waals surface area contributed by atoms with Gasteiger partial charge in [-0.2, -0.15) is 0 Å². The number of aromatic nitrogens is 3. The van der Waals surface area contributed by atoms with Gasteiger partial charge in [0.1, 0.15) is 6.10 Å². The number of aryl methyl sites for hydroxylation is 1. The molecule has 0 bridgehead atoms. The van der Waals surface area contributed by atoms with E-state index in [4.69, 9.17) is 4.74 Å². The topological polar surface area (TPSA) is 69.0 Å². The zero-order valence-electron chi connectivity index (χ0n) is 15.6. The van der Waals surface area contributed by atoms with Gasteiger partial charge in [-0.3, -0.25) is 4.79 Å². The van der Waals surface area contributed by atoms with E-state index in [1.54, 1.807) is 4.68 Å². The Kier molecular flexibility index (Phi) is 5.54. The zero-order valence-corrected chi connectivity index (χ0v) is 17.1. The Morgan fingerprint density at radius 3 is 2.61 bits per heavy atom.